The van der Waals surface area contributed by atoms with Crippen molar-refractivity contribution in [2.24, 2.45) is 5.92 Å². The second-order valence-corrected chi connectivity index (χ2v) is 8.13. The van der Waals surface area contributed by atoms with E-state index in [1.165, 1.54) is 6.07 Å². The summed E-state index contributed by atoms with van der Waals surface area (Å²) in [5.74, 6) is 0.833. The molecule has 6 nitrogen and oxygen atoms in total. The number of amides is 1. The number of rotatable bonds is 3. The molecule has 0 bridgehead atoms. The molecule has 2 saturated heterocycles. The van der Waals surface area contributed by atoms with Crippen LogP contribution in [-0.2, 0) is 4.79 Å². The Balaban J connectivity index is 1.22. The van der Waals surface area contributed by atoms with Crippen LogP contribution in [-0.4, -0.2) is 60.0 Å². The number of anilines is 2. The van der Waals surface area contributed by atoms with Gasteiger partial charge < -0.3 is 19.7 Å². The Morgan fingerprint density at radius 2 is 1.73 bits per heavy atom. The van der Waals surface area contributed by atoms with E-state index in [0.29, 0.717) is 38.4 Å². The van der Waals surface area contributed by atoms with E-state index in [0.717, 1.165) is 36.4 Å². The van der Waals surface area contributed by atoms with Crippen LogP contribution in [0.15, 0.2) is 48.5 Å². The van der Waals surface area contributed by atoms with Crippen molar-refractivity contribution in [2.75, 3.05) is 49.1 Å². The van der Waals surface area contributed by atoms with Crippen LogP contribution in [0.4, 0.5) is 16.0 Å². The van der Waals surface area contributed by atoms with Crippen LogP contribution in [0.25, 0.3) is 11.0 Å². The standard InChI is InChI=1S/C23H26FN5O/c24-18-7-1-4-10-21(18)27-12-14-28(15-13-27)22(30)17-6-5-11-29(16-17)23-25-19-8-2-3-9-20(19)26-23/h1-4,7-10,17H,5-6,11-16H2,(H,25,26). The average molecular weight is 407 g/mol. The molecule has 2 aromatic carbocycles. The molecular weight excluding hydrogens is 381 g/mol. The topological polar surface area (TPSA) is 55.5 Å². The number of benzene rings is 2. The zero-order valence-electron chi connectivity index (χ0n) is 16.9. The molecule has 3 heterocycles. The molecule has 1 aromatic heterocycles. The lowest BCUT2D eigenvalue weighted by molar-refractivity contribution is -0.136. The molecule has 30 heavy (non-hydrogen) atoms. The van der Waals surface area contributed by atoms with Crippen LogP contribution >= 0.6 is 0 Å². The van der Waals surface area contributed by atoms with E-state index >= 15 is 0 Å². The maximum Gasteiger partial charge on any atom is 0.227 e. The fourth-order valence-electron chi connectivity index (χ4n) is 4.59. The van der Waals surface area contributed by atoms with Gasteiger partial charge in [-0.3, -0.25) is 4.79 Å². The van der Waals surface area contributed by atoms with Gasteiger partial charge in [-0.05, 0) is 37.1 Å². The molecule has 2 aliphatic heterocycles. The molecule has 0 aliphatic carbocycles. The number of H-pyrrole nitrogens is 1. The Kier molecular flexibility index (Phi) is 5.02. The minimum absolute atomic E-state index is 0.0213. The van der Waals surface area contributed by atoms with Gasteiger partial charge in [0.05, 0.1) is 22.6 Å². The van der Waals surface area contributed by atoms with Gasteiger partial charge in [-0.25, -0.2) is 9.37 Å². The van der Waals surface area contributed by atoms with Crippen molar-refractivity contribution < 1.29 is 9.18 Å². The SMILES string of the molecule is O=C(C1CCCN(c2nc3ccccc3[nH]2)C1)N1CCN(c2ccccc2F)CC1. The number of piperazine rings is 1. The second-order valence-electron chi connectivity index (χ2n) is 8.13. The van der Waals surface area contributed by atoms with Gasteiger partial charge in [0.15, 0.2) is 0 Å². The van der Waals surface area contributed by atoms with Crippen LogP contribution in [0, 0.1) is 11.7 Å². The van der Waals surface area contributed by atoms with Crippen molar-refractivity contribution in [3.63, 3.8) is 0 Å². The van der Waals surface area contributed by atoms with Crippen LogP contribution in [0.1, 0.15) is 12.8 Å². The van der Waals surface area contributed by atoms with Crippen molar-refractivity contribution >= 4 is 28.6 Å². The molecule has 1 atom stereocenters. The van der Waals surface area contributed by atoms with Gasteiger partial charge in [0.25, 0.3) is 0 Å². The fourth-order valence-corrected chi connectivity index (χ4v) is 4.59. The molecule has 0 spiro atoms. The quantitative estimate of drug-likeness (QED) is 0.724. The van der Waals surface area contributed by atoms with Crippen LogP contribution < -0.4 is 9.80 Å². The van der Waals surface area contributed by atoms with Crippen molar-refractivity contribution in [1.29, 1.82) is 0 Å². The molecule has 7 heteroatoms. The largest absolute Gasteiger partial charge is 0.366 e. The number of para-hydroxylation sites is 3. The molecule has 156 valence electrons. The van der Waals surface area contributed by atoms with Crippen molar-refractivity contribution in [3.05, 3.63) is 54.3 Å². The van der Waals surface area contributed by atoms with E-state index in [2.05, 4.69) is 9.88 Å². The highest BCUT2D eigenvalue weighted by molar-refractivity contribution is 5.81. The van der Waals surface area contributed by atoms with E-state index in [1.807, 2.05) is 40.1 Å². The van der Waals surface area contributed by atoms with E-state index in [-0.39, 0.29) is 17.6 Å². The zero-order valence-corrected chi connectivity index (χ0v) is 16.9. The minimum Gasteiger partial charge on any atom is -0.366 e. The van der Waals surface area contributed by atoms with E-state index in [4.69, 9.17) is 4.98 Å². The first-order valence-corrected chi connectivity index (χ1v) is 10.7. The van der Waals surface area contributed by atoms with E-state index < -0.39 is 0 Å². The van der Waals surface area contributed by atoms with Crippen LogP contribution in [0.5, 0.6) is 0 Å². The number of hydrogen-bond donors (Lipinski definition) is 1. The summed E-state index contributed by atoms with van der Waals surface area (Å²) < 4.78 is 14.1. The summed E-state index contributed by atoms with van der Waals surface area (Å²) in [6.07, 6.45) is 1.88. The Labute approximate surface area is 175 Å². The number of fused-ring (bicyclic) bond motifs is 1. The minimum atomic E-state index is -0.203. The normalized spacial score (nSPS) is 20.0. The lowest BCUT2D eigenvalue weighted by atomic mass is 9.96. The van der Waals surface area contributed by atoms with E-state index in [9.17, 15) is 9.18 Å². The molecule has 1 N–H and O–H groups in total. The average Bonchev–Trinajstić information content (AvgIpc) is 3.24. The highest BCUT2D eigenvalue weighted by Crippen LogP contribution is 2.26. The fraction of sp³-hybridized carbons (Fsp3) is 0.391. The number of nitrogens with zero attached hydrogens (tertiary/aromatic N) is 4. The number of piperidine rings is 1. The molecule has 0 saturated carbocycles. The lowest BCUT2D eigenvalue weighted by Crippen LogP contribution is -2.52. The van der Waals surface area contributed by atoms with Crippen molar-refractivity contribution in [3.8, 4) is 0 Å². The summed E-state index contributed by atoms with van der Waals surface area (Å²) in [5, 5.41) is 0. The van der Waals surface area contributed by atoms with Gasteiger partial charge in [-0.15, -0.1) is 0 Å². The summed E-state index contributed by atoms with van der Waals surface area (Å²) >= 11 is 0. The summed E-state index contributed by atoms with van der Waals surface area (Å²) in [6.45, 7) is 4.18. The number of carbonyl (C=O) groups excluding carboxylic acids is 1. The highest BCUT2D eigenvalue weighted by atomic mass is 19.1. The summed E-state index contributed by atoms with van der Waals surface area (Å²) in [4.78, 5) is 27.4. The number of hydrogen-bond acceptors (Lipinski definition) is 4. The molecule has 1 unspecified atom stereocenters. The Morgan fingerprint density at radius 3 is 2.53 bits per heavy atom. The maximum atomic E-state index is 14.1. The van der Waals surface area contributed by atoms with Gasteiger partial charge in [0, 0.05) is 39.3 Å². The number of imidazole rings is 1. The van der Waals surface area contributed by atoms with E-state index in [1.54, 1.807) is 12.1 Å². The van der Waals surface area contributed by atoms with Gasteiger partial charge >= 0.3 is 0 Å². The van der Waals surface area contributed by atoms with Gasteiger partial charge in [-0.2, -0.15) is 0 Å². The number of nitrogens with one attached hydrogen (secondary N) is 1. The molecule has 0 radical (unpaired) electrons. The summed E-state index contributed by atoms with van der Waals surface area (Å²) in [7, 11) is 0. The van der Waals surface area contributed by atoms with Crippen molar-refractivity contribution in [2.45, 2.75) is 12.8 Å². The van der Waals surface area contributed by atoms with Crippen molar-refractivity contribution in [1.82, 2.24) is 14.9 Å². The predicted molar refractivity (Wildman–Crippen MR) is 116 cm³/mol. The molecular formula is C23H26FN5O. The second kappa shape index (κ2) is 7.97. The smallest absolute Gasteiger partial charge is 0.227 e. The van der Waals surface area contributed by atoms with Gasteiger partial charge in [0.2, 0.25) is 11.9 Å². The highest BCUT2D eigenvalue weighted by Gasteiger charge is 2.32. The Hall–Kier alpha value is -3.09. The zero-order chi connectivity index (χ0) is 20.5. The monoisotopic (exact) mass is 407 g/mol. The van der Waals surface area contributed by atoms with Crippen LogP contribution in [0.3, 0.4) is 0 Å². The lowest BCUT2D eigenvalue weighted by Gasteiger charge is -2.39. The number of halogens is 1. The third-order valence-electron chi connectivity index (χ3n) is 6.23. The molecule has 5 rings (SSSR count). The Bertz CT molecular complexity index is 1010. The first kappa shape index (κ1) is 18.9. The number of aromatic nitrogens is 2. The summed E-state index contributed by atoms with van der Waals surface area (Å²) in [5.41, 5.74) is 2.59. The number of carbonyl (C=O) groups is 1. The molecule has 1 amide bonds. The molecule has 3 aromatic rings. The third-order valence-corrected chi connectivity index (χ3v) is 6.23. The van der Waals surface area contributed by atoms with Gasteiger partial charge in [-0.1, -0.05) is 24.3 Å². The Morgan fingerprint density at radius 1 is 0.967 bits per heavy atom. The van der Waals surface area contributed by atoms with Gasteiger partial charge in [0.1, 0.15) is 5.82 Å². The third kappa shape index (κ3) is 3.60. The number of aromatic amines is 1. The molecule has 2 fully saturated rings. The maximum absolute atomic E-state index is 14.1. The predicted octanol–water partition coefficient (Wildman–Crippen LogP) is 3.27. The van der Waals surface area contributed by atoms with Crippen LogP contribution in [0.2, 0.25) is 0 Å². The molecule has 2 aliphatic rings. The first-order chi connectivity index (χ1) is 14.7. The first-order valence-electron chi connectivity index (χ1n) is 10.7. The summed E-state index contributed by atoms with van der Waals surface area (Å²) in [6, 6.07) is 14.8.